The molecule has 0 saturated heterocycles. The van der Waals surface area contributed by atoms with Crippen LogP contribution in [0.2, 0.25) is 0 Å². The SMILES string of the molecule is Fc1cccc(C2(CNC3CC3)CC=CC2)c1. The molecule has 0 aliphatic heterocycles. The van der Waals surface area contributed by atoms with Crippen LogP contribution in [-0.4, -0.2) is 12.6 Å². The van der Waals surface area contributed by atoms with Crippen molar-refractivity contribution in [2.24, 2.45) is 0 Å². The Morgan fingerprint density at radius 3 is 2.65 bits per heavy atom. The lowest BCUT2D eigenvalue weighted by Gasteiger charge is -2.30. The summed E-state index contributed by atoms with van der Waals surface area (Å²) in [7, 11) is 0. The van der Waals surface area contributed by atoms with E-state index in [0.717, 1.165) is 24.9 Å². The van der Waals surface area contributed by atoms with Crippen molar-refractivity contribution >= 4 is 0 Å². The molecule has 0 bridgehead atoms. The zero-order valence-electron chi connectivity index (χ0n) is 9.95. The molecule has 0 heterocycles. The van der Waals surface area contributed by atoms with Gasteiger partial charge >= 0.3 is 0 Å². The van der Waals surface area contributed by atoms with Gasteiger partial charge in [0.1, 0.15) is 5.82 Å². The minimum Gasteiger partial charge on any atom is -0.313 e. The Morgan fingerprint density at radius 2 is 2.00 bits per heavy atom. The van der Waals surface area contributed by atoms with Crippen LogP contribution in [0.1, 0.15) is 31.2 Å². The molecule has 3 rings (SSSR count). The van der Waals surface area contributed by atoms with E-state index in [1.165, 1.54) is 18.9 Å². The van der Waals surface area contributed by atoms with Gasteiger partial charge in [-0.1, -0.05) is 24.3 Å². The number of rotatable bonds is 4. The minimum absolute atomic E-state index is 0.0880. The number of allylic oxidation sites excluding steroid dienone is 2. The summed E-state index contributed by atoms with van der Waals surface area (Å²) in [6.07, 6.45) is 9.09. The number of hydrogen-bond acceptors (Lipinski definition) is 1. The van der Waals surface area contributed by atoms with Crippen LogP contribution in [-0.2, 0) is 5.41 Å². The quantitative estimate of drug-likeness (QED) is 0.785. The van der Waals surface area contributed by atoms with Gasteiger partial charge in [0.05, 0.1) is 0 Å². The third-order valence-electron chi connectivity index (χ3n) is 3.93. The van der Waals surface area contributed by atoms with Crippen LogP contribution in [0.5, 0.6) is 0 Å². The first-order valence-electron chi connectivity index (χ1n) is 6.43. The predicted octanol–water partition coefficient (Wildman–Crippen LogP) is 3.17. The smallest absolute Gasteiger partial charge is 0.123 e. The second-order valence-electron chi connectivity index (χ2n) is 5.33. The van der Waals surface area contributed by atoms with Gasteiger partial charge in [-0.15, -0.1) is 0 Å². The third kappa shape index (κ3) is 2.27. The van der Waals surface area contributed by atoms with Gasteiger partial charge < -0.3 is 5.32 Å². The van der Waals surface area contributed by atoms with Gasteiger partial charge in [0.25, 0.3) is 0 Å². The zero-order chi connectivity index (χ0) is 11.7. The summed E-state index contributed by atoms with van der Waals surface area (Å²) in [5.74, 6) is -0.125. The molecule has 0 amide bonds. The van der Waals surface area contributed by atoms with E-state index in [1.54, 1.807) is 6.07 Å². The number of hydrogen-bond donors (Lipinski definition) is 1. The fourth-order valence-corrected chi connectivity index (χ4v) is 2.63. The summed E-state index contributed by atoms with van der Waals surface area (Å²) in [6, 6.07) is 7.81. The molecule has 90 valence electrons. The molecule has 0 atom stereocenters. The third-order valence-corrected chi connectivity index (χ3v) is 3.93. The van der Waals surface area contributed by atoms with E-state index >= 15 is 0 Å². The standard InChI is InChI=1S/C15H18FN/c16-13-5-3-4-12(10-13)15(8-1-2-9-15)11-17-14-6-7-14/h1-5,10,14,17H,6-9,11H2. The molecule has 17 heavy (non-hydrogen) atoms. The van der Waals surface area contributed by atoms with Crippen LogP contribution >= 0.6 is 0 Å². The van der Waals surface area contributed by atoms with Crippen molar-refractivity contribution in [1.29, 1.82) is 0 Å². The molecule has 1 fully saturated rings. The van der Waals surface area contributed by atoms with Gasteiger partial charge in [-0.3, -0.25) is 0 Å². The maximum Gasteiger partial charge on any atom is 0.123 e. The fourth-order valence-electron chi connectivity index (χ4n) is 2.63. The lowest BCUT2D eigenvalue weighted by atomic mass is 9.78. The van der Waals surface area contributed by atoms with Crippen LogP contribution in [0, 0.1) is 5.82 Å². The molecule has 0 aromatic heterocycles. The van der Waals surface area contributed by atoms with Crippen molar-refractivity contribution < 1.29 is 4.39 Å². The molecular weight excluding hydrogens is 213 g/mol. The molecule has 2 heteroatoms. The Labute approximate surface area is 102 Å². The molecular formula is C15H18FN. The van der Waals surface area contributed by atoms with Crippen molar-refractivity contribution in [3.8, 4) is 0 Å². The van der Waals surface area contributed by atoms with Gasteiger partial charge in [0.15, 0.2) is 0 Å². The maximum atomic E-state index is 13.4. The highest BCUT2D eigenvalue weighted by Gasteiger charge is 2.34. The van der Waals surface area contributed by atoms with Gasteiger partial charge in [0.2, 0.25) is 0 Å². The van der Waals surface area contributed by atoms with E-state index in [4.69, 9.17) is 0 Å². The van der Waals surface area contributed by atoms with E-state index in [1.807, 2.05) is 6.07 Å². The van der Waals surface area contributed by atoms with Gasteiger partial charge in [-0.2, -0.15) is 0 Å². The topological polar surface area (TPSA) is 12.0 Å². The fraction of sp³-hybridized carbons (Fsp3) is 0.467. The summed E-state index contributed by atoms with van der Waals surface area (Å²) in [6.45, 7) is 0.966. The van der Waals surface area contributed by atoms with Crippen molar-refractivity contribution in [3.05, 3.63) is 47.8 Å². The predicted molar refractivity (Wildman–Crippen MR) is 67.5 cm³/mol. The van der Waals surface area contributed by atoms with Crippen LogP contribution in [0.15, 0.2) is 36.4 Å². The Morgan fingerprint density at radius 1 is 1.24 bits per heavy atom. The Bertz CT molecular complexity index is 426. The summed E-state index contributed by atoms with van der Waals surface area (Å²) in [5, 5.41) is 3.59. The van der Waals surface area contributed by atoms with E-state index in [2.05, 4.69) is 23.5 Å². The first-order chi connectivity index (χ1) is 8.28. The Hall–Kier alpha value is -1.15. The Kier molecular flexibility index (Phi) is 2.75. The van der Waals surface area contributed by atoms with E-state index in [9.17, 15) is 4.39 Å². The number of halogens is 1. The van der Waals surface area contributed by atoms with E-state index in [0.29, 0.717) is 6.04 Å². The first kappa shape index (κ1) is 11.0. The zero-order valence-corrected chi connectivity index (χ0v) is 9.95. The summed E-state index contributed by atoms with van der Waals surface area (Å²) in [5.41, 5.74) is 1.22. The highest BCUT2D eigenvalue weighted by molar-refractivity contribution is 5.31. The molecule has 0 radical (unpaired) electrons. The van der Waals surface area contributed by atoms with Crippen LogP contribution in [0.25, 0.3) is 0 Å². The molecule has 1 N–H and O–H groups in total. The number of benzene rings is 1. The minimum atomic E-state index is -0.125. The highest BCUT2D eigenvalue weighted by atomic mass is 19.1. The van der Waals surface area contributed by atoms with Crippen LogP contribution in [0.4, 0.5) is 4.39 Å². The average Bonchev–Trinajstić information content (AvgIpc) is 3.04. The number of nitrogens with one attached hydrogen (secondary N) is 1. The molecule has 1 nitrogen and oxygen atoms in total. The summed E-state index contributed by atoms with van der Waals surface area (Å²) >= 11 is 0. The molecule has 1 aromatic rings. The maximum absolute atomic E-state index is 13.4. The van der Waals surface area contributed by atoms with Crippen LogP contribution < -0.4 is 5.32 Å². The molecule has 2 aliphatic carbocycles. The molecule has 2 aliphatic rings. The normalized spacial score (nSPS) is 21.9. The highest BCUT2D eigenvalue weighted by Crippen LogP contribution is 2.37. The average molecular weight is 231 g/mol. The largest absolute Gasteiger partial charge is 0.313 e. The summed E-state index contributed by atoms with van der Waals surface area (Å²) in [4.78, 5) is 0. The van der Waals surface area contributed by atoms with Crippen molar-refractivity contribution in [2.75, 3.05) is 6.54 Å². The molecule has 0 spiro atoms. The van der Waals surface area contributed by atoms with Gasteiger partial charge in [-0.05, 0) is 43.4 Å². The van der Waals surface area contributed by atoms with Gasteiger partial charge in [0, 0.05) is 18.0 Å². The van der Waals surface area contributed by atoms with Gasteiger partial charge in [-0.25, -0.2) is 4.39 Å². The lowest BCUT2D eigenvalue weighted by Crippen LogP contribution is -2.37. The summed E-state index contributed by atoms with van der Waals surface area (Å²) < 4.78 is 13.4. The monoisotopic (exact) mass is 231 g/mol. The Balaban J connectivity index is 1.82. The second-order valence-corrected chi connectivity index (χ2v) is 5.33. The lowest BCUT2D eigenvalue weighted by molar-refractivity contribution is 0.415. The van der Waals surface area contributed by atoms with E-state index in [-0.39, 0.29) is 11.2 Å². The van der Waals surface area contributed by atoms with Crippen molar-refractivity contribution in [1.82, 2.24) is 5.32 Å². The van der Waals surface area contributed by atoms with Crippen molar-refractivity contribution in [2.45, 2.75) is 37.1 Å². The first-order valence-corrected chi connectivity index (χ1v) is 6.43. The van der Waals surface area contributed by atoms with Crippen LogP contribution in [0.3, 0.4) is 0 Å². The second kappa shape index (κ2) is 4.26. The molecule has 1 saturated carbocycles. The van der Waals surface area contributed by atoms with Crippen molar-refractivity contribution in [3.63, 3.8) is 0 Å². The van der Waals surface area contributed by atoms with E-state index < -0.39 is 0 Å². The molecule has 1 aromatic carbocycles. The molecule has 0 unspecified atom stereocenters.